The standard InChI is InChI=1S/C17H16ClN5/c1-2-17-21-15-11-13(18)5-8-16(15)23(17)14-6-3-12(4-7-14)9-10-20-22-19/h3-8,11H,2,9-10H2,1H3. The Bertz CT molecular complexity index is 876. The zero-order valence-corrected chi connectivity index (χ0v) is 13.5. The molecular formula is C17H16ClN5. The van der Waals surface area contributed by atoms with Crippen molar-refractivity contribution in [3.8, 4) is 5.69 Å². The van der Waals surface area contributed by atoms with Gasteiger partial charge >= 0.3 is 0 Å². The molecule has 0 radical (unpaired) electrons. The number of halogens is 1. The van der Waals surface area contributed by atoms with E-state index in [2.05, 4.69) is 50.8 Å². The highest BCUT2D eigenvalue weighted by Gasteiger charge is 2.11. The number of aryl methyl sites for hydroxylation is 1. The zero-order valence-electron chi connectivity index (χ0n) is 12.8. The molecule has 0 aliphatic carbocycles. The van der Waals surface area contributed by atoms with Gasteiger partial charge in [-0.25, -0.2) is 4.98 Å². The zero-order chi connectivity index (χ0) is 16.2. The third-order valence-corrected chi connectivity index (χ3v) is 4.00. The lowest BCUT2D eigenvalue weighted by Crippen LogP contribution is -2.00. The van der Waals surface area contributed by atoms with Gasteiger partial charge < -0.3 is 0 Å². The van der Waals surface area contributed by atoms with Crippen LogP contribution < -0.4 is 0 Å². The highest BCUT2D eigenvalue weighted by atomic mass is 35.5. The van der Waals surface area contributed by atoms with E-state index < -0.39 is 0 Å². The number of fused-ring (bicyclic) bond motifs is 1. The maximum atomic E-state index is 8.33. The summed E-state index contributed by atoms with van der Waals surface area (Å²) in [4.78, 5) is 7.45. The predicted octanol–water partition coefficient (Wildman–Crippen LogP) is 5.09. The second-order valence-corrected chi connectivity index (χ2v) is 5.66. The van der Waals surface area contributed by atoms with Gasteiger partial charge in [-0.1, -0.05) is 35.8 Å². The molecule has 5 nitrogen and oxygen atoms in total. The molecule has 116 valence electrons. The minimum atomic E-state index is 0.475. The van der Waals surface area contributed by atoms with Gasteiger partial charge in [0.15, 0.2) is 0 Å². The number of benzene rings is 2. The summed E-state index contributed by atoms with van der Waals surface area (Å²) in [6.07, 6.45) is 1.58. The minimum absolute atomic E-state index is 0.475. The van der Waals surface area contributed by atoms with Gasteiger partial charge in [-0.05, 0) is 47.8 Å². The van der Waals surface area contributed by atoms with Crippen LogP contribution in [0.5, 0.6) is 0 Å². The van der Waals surface area contributed by atoms with Crippen molar-refractivity contribution in [3.05, 3.63) is 69.3 Å². The van der Waals surface area contributed by atoms with Crippen molar-refractivity contribution in [2.45, 2.75) is 19.8 Å². The van der Waals surface area contributed by atoms with E-state index in [1.807, 2.05) is 18.2 Å². The predicted molar refractivity (Wildman–Crippen MR) is 93.2 cm³/mol. The number of rotatable bonds is 5. The fraction of sp³-hybridized carbons (Fsp3) is 0.235. The smallest absolute Gasteiger partial charge is 0.114 e. The number of aromatic nitrogens is 2. The van der Waals surface area contributed by atoms with E-state index in [-0.39, 0.29) is 0 Å². The van der Waals surface area contributed by atoms with E-state index in [0.717, 1.165) is 41.0 Å². The molecule has 0 unspecified atom stereocenters. The van der Waals surface area contributed by atoms with Gasteiger partial charge in [0.2, 0.25) is 0 Å². The Hall–Kier alpha value is -2.49. The molecule has 0 saturated heterocycles. The summed E-state index contributed by atoms with van der Waals surface area (Å²) >= 11 is 6.07. The van der Waals surface area contributed by atoms with Crippen molar-refractivity contribution < 1.29 is 0 Å². The molecule has 0 N–H and O–H groups in total. The lowest BCUT2D eigenvalue weighted by atomic mass is 10.1. The first-order chi connectivity index (χ1) is 11.2. The van der Waals surface area contributed by atoms with Crippen LogP contribution in [0.4, 0.5) is 0 Å². The van der Waals surface area contributed by atoms with Gasteiger partial charge in [-0.15, -0.1) is 0 Å². The normalized spacial score (nSPS) is 10.7. The molecule has 0 aliphatic rings. The molecule has 3 rings (SSSR count). The maximum Gasteiger partial charge on any atom is 0.114 e. The van der Waals surface area contributed by atoms with Crippen LogP contribution in [0.25, 0.3) is 27.2 Å². The molecule has 0 saturated carbocycles. The lowest BCUT2D eigenvalue weighted by molar-refractivity contribution is 0.905. The number of nitrogens with zero attached hydrogens (tertiary/aromatic N) is 5. The molecule has 0 atom stereocenters. The summed E-state index contributed by atoms with van der Waals surface area (Å²) in [6.45, 7) is 2.57. The highest BCUT2D eigenvalue weighted by molar-refractivity contribution is 6.31. The van der Waals surface area contributed by atoms with Crippen LogP contribution in [0.2, 0.25) is 5.02 Å². The van der Waals surface area contributed by atoms with Crippen molar-refractivity contribution in [1.29, 1.82) is 0 Å². The SMILES string of the molecule is CCc1nc2cc(Cl)ccc2n1-c1ccc(CCN=[N+]=[N-])cc1. The molecule has 0 bridgehead atoms. The Morgan fingerprint density at radius 3 is 2.70 bits per heavy atom. The van der Waals surface area contributed by atoms with E-state index in [1.54, 1.807) is 0 Å². The molecule has 1 heterocycles. The maximum absolute atomic E-state index is 8.33. The fourth-order valence-electron chi connectivity index (χ4n) is 2.66. The van der Waals surface area contributed by atoms with Gasteiger partial charge in [-0.3, -0.25) is 4.57 Å². The third-order valence-electron chi connectivity index (χ3n) is 3.76. The van der Waals surface area contributed by atoms with Crippen molar-refractivity contribution in [2.75, 3.05) is 6.54 Å². The van der Waals surface area contributed by atoms with Crippen LogP contribution in [0.15, 0.2) is 47.6 Å². The van der Waals surface area contributed by atoms with E-state index in [0.29, 0.717) is 11.6 Å². The summed E-state index contributed by atoms with van der Waals surface area (Å²) in [5.74, 6) is 1.00. The van der Waals surface area contributed by atoms with Crippen molar-refractivity contribution in [3.63, 3.8) is 0 Å². The first-order valence-corrected chi connectivity index (χ1v) is 7.87. The monoisotopic (exact) mass is 325 g/mol. The van der Waals surface area contributed by atoms with E-state index in [4.69, 9.17) is 17.1 Å². The Kier molecular flexibility index (Phi) is 4.51. The Morgan fingerprint density at radius 2 is 2.00 bits per heavy atom. The molecule has 0 spiro atoms. The highest BCUT2D eigenvalue weighted by Crippen LogP contribution is 2.25. The molecule has 0 amide bonds. The first kappa shape index (κ1) is 15.4. The number of imidazole rings is 1. The number of azide groups is 1. The summed E-state index contributed by atoms with van der Waals surface area (Å²) < 4.78 is 2.16. The summed E-state index contributed by atoms with van der Waals surface area (Å²) in [6, 6.07) is 14.0. The Morgan fingerprint density at radius 1 is 1.22 bits per heavy atom. The van der Waals surface area contributed by atoms with Crippen LogP contribution in [0.3, 0.4) is 0 Å². The molecule has 0 aliphatic heterocycles. The van der Waals surface area contributed by atoms with Crippen LogP contribution in [-0.2, 0) is 12.8 Å². The Labute approximate surface area is 139 Å². The van der Waals surface area contributed by atoms with Crippen LogP contribution >= 0.6 is 11.6 Å². The number of hydrogen-bond donors (Lipinski definition) is 0. The summed E-state index contributed by atoms with van der Waals surface area (Å²) in [7, 11) is 0. The summed E-state index contributed by atoms with van der Waals surface area (Å²) in [5, 5.41) is 4.26. The van der Waals surface area contributed by atoms with Gasteiger partial charge in [0.25, 0.3) is 0 Å². The van der Waals surface area contributed by atoms with Crippen molar-refractivity contribution in [2.24, 2.45) is 5.11 Å². The van der Waals surface area contributed by atoms with E-state index >= 15 is 0 Å². The average Bonchev–Trinajstić information content (AvgIpc) is 2.93. The Balaban J connectivity index is 2.00. The van der Waals surface area contributed by atoms with Gasteiger partial charge in [0.1, 0.15) is 5.82 Å². The van der Waals surface area contributed by atoms with Gasteiger partial charge in [0, 0.05) is 28.6 Å². The fourth-order valence-corrected chi connectivity index (χ4v) is 2.83. The molecular weight excluding hydrogens is 310 g/mol. The van der Waals surface area contributed by atoms with Crippen LogP contribution in [-0.4, -0.2) is 16.1 Å². The first-order valence-electron chi connectivity index (χ1n) is 7.50. The van der Waals surface area contributed by atoms with E-state index in [1.165, 1.54) is 0 Å². The molecule has 6 heteroatoms. The minimum Gasteiger partial charge on any atom is -0.296 e. The summed E-state index contributed by atoms with van der Waals surface area (Å²) in [5.41, 5.74) is 12.5. The van der Waals surface area contributed by atoms with Gasteiger partial charge in [0.05, 0.1) is 11.0 Å². The van der Waals surface area contributed by atoms with Crippen LogP contribution in [0.1, 0.15) is 18.3 Å². The molecule has 2 aromatic carbocycles. The second-order valence-electron chi connectivity index (χ2n) is 5.22. The average molecular weight is 326 g/mol. The second kappa shape index (κ2) is 6.73. The topological polar surface area (TPSA) is 66.6 Å². The lowest BCUT2D eigenvalue weighted by Gasteiger charge is -2.09. The third kappa shape index (κ3) is 3.16. The van der Waals surface area contributed by atoms with E-state index in [9.17, 15) is 0 Å². The van der Waals surface area contributed by atoms with Crippen molar-refractivity contribution in [1.82, 2.24) is 9.55 Å². The molecule has 1 aromatic heterocycles. The van der Waals surface area contributed by atoms with Crippen LogP contribution in [0, 0.1) is 0 Å². The largest absolute Gasteiger partial charge is 0.296 e. The molecule has 23 heavy (non-hydrogen) atoms. The molecule has 3 aromatic rings. The van der Waals surface area contributed by atoms with Crippen molar-refractivity contribution >= 4 is 22.6 Å². The quantitative estimate of drug-likeness (QED) is 0.366. The molecule has 0 fully saturated rings. The number of hydrogen-bond acceptors (Lipinski definition) is 2. The van der Waals surface area contributed by atoms with Gasteiger partial charge in [-0.2, -0.15) is 0 Å².